The van der Waals surface area contributed by atoms with E-state index in [4.69, 9.17) is 0 Å². The maximum absolute atomic E-state index is 11.8. The molecule has 1 N–H and O–H groups in total. The van der Waals surface area contributed by atoms with Crippen LogP contribution in [0.5, 0.6) is 0 Å². The van der Waals surface area contributed by atoms with E-state index in [1.54, 1.807) is 0 Å². The van der Waals surface area contributed by atoms with Gasteiger partial charge < -0.3 is 0 Å². The Morgan fingerprint density at radius 1 is 0.773 bits per heavy atom. The minimum atomic E-state index is -3.90. The standard InChI is InChI=1S/C18H36O3S/c1-2-3-4-5-6-7-8-9-10-12-15-18(22(19,20)21)16-13-11-14-17-18/h2-17H2,1H3,(H,19,20,21). The van der Waals surface area contributed by atoms with Crippen molar-refractivity contribution in [2.75, 3.05) is 0 Å². The zero-order chi connectivity index (χ0) is 16.3. The zero-order valence-corrected chi connectivity index (χ0v) is 15.3. The summed E-state index contributed by atoms with van der Waals surface area (Å²) in [6.07, 6.45) is 17.5. The Kier molecular flexibility index (Phi) is 9.65. The molecule has 0 saturated heterocycles. The molecule has 0 aromatic rings. The van der Waals surface area contributed by atoms with E-state index in [1.165, 1.54) is 51.4 Å². The van der Waals surface area contributed by atoms with Gasteiger partial charge in [0.15, 0.2) is 0 Å². The molecule has 0 bridgehead atoms. The van der Waals surface area contributed by atoms with Crippen LogP contribution in [-0.4, -0.2) is 17.7 Å². The fraction of sp³-hybridized carbons (Fsp3) is 1.00. The van der Waals surface area contributed by atoms with Crippen LogP contribution in [0.25, 0.3) is 0 Å². The molecular formula is C18H36O3S. The second-order valence-electron chi connectivity index (χ2n) is 7.15. The number of unbranched alkanes of at least 4 members (excludes halogenated alkanes) is 9. The van der Waals surface area contributed by atoms with Gasteiger partial charge in [-0.1, -0.05) is 90.4 Å². The molecule has 0 heterocycles. The summed E-state index contributed by atoms with van der Waals surface area (Å²) in [5.74, 6) is 0. The lowest BCUT2D eigenvalue weighted by Gasteiger charge is -2.34. The van der Waals surface area contributed by atoms with Crippen LogP contribution < -0.4 is 0 Å². The first-order valence-electron chi connectivity index (χ1n) is 9.49. The third-order valence-electron chi connectivity index (χ3n) is 5.30. The lowest BCUT2D eigenvalue weighted by atomic mass is 9.84. The molecule has 0 radical (unpaired) electrons. The summed E-state index contributed by atoms with van der Waals surface area (Å²) < 4.78 is 32.3. The minimum Gasteiger partial charge on any atom is -0.285 e. The molecule has 22 heavy (non-hydrogen) atoms. The van der Waals surface area contributed by atoms with Gasteiger partial charge in [-0.05, 0) is 19.3 Å². The SMILES string of the molecule is CCCCCCCCCCCCC1(S(=O)(=O)O)CCCCC1. The largest absolute Gasteiger partial charge is 0.285 e. The van der Waals surface area contributed by atoms with E-state index in [-0.39, 0.29) is 0 Å². The number of rotatable bonds is 12. The quantitative estimate of drug-likeness (QED) is 0.358. The van der Waals surface area contributed by atoms with E-state index in [9.17, 15) is 13.0 Å². The molecule has 1 saturated carbocycles. The van der Waals surface area contributed by atoms with Crippen molar-refractivity contribution < 1.29 is 13.0 Å². The van der Waals surface area contributed by atoms with Crippen LogP contribution in [0.3, 0.4) is 0 Å². The summed E-state index contributed by atoms with van der Waals surface area (Å²) in [5.41, 5.74) is 0. The van der Waals surface area contributed by atoms with Crippen molar-refractivity contribution in [1.82, 2.24) is 0 Å². The van der Waals surface area contributed by atoms with Crippen LogP contribution in [0.1, 0.15) is 110 Å². The van der Waals surface area contributed by atoms with Crippen molar-refractivity contribution in [3.8, 4) is 0 Å². The monoisotopic (exact) mass is 332 g/mol. The molecule has 0 spiro atoms. The van der Waals surface area contributed by atoms with Gasteiger partial charge in [-0.3, -0.25) is 4.55 Å². The molecule has 1 rings (SSSR count). The van der Waals surface area contributed by atoms with Gasteiger partial charge in [-0.2, -0.15) is 8.42 Å². The Bertz CT molecular complexity index is 370. The number of hydrogen-bond donors (Lipinski definition) is 1. The minimum absolute atomic E-state index is 0.655. The molecule has 0 aromatic heterocycles. The Morgan fingerprint density at radius 3 is 1.68 bits per heavy atom. The Hall–Kier alpha value is -0.0900. The van der Waals surface area contributed by atoms with Crippen LogP contribution in [-0.2, 0) is 10.1 Å². The van der Waals surface area contributed by atoms with Crippen molar-refractivity contribution in [2.24, 2.45) is 0 Å². The lowest BCUT2D eigenvalue weighted by Crippen LogP contribution is -2.40. The lowest BCUT2D eigenvalue weighted by molar-refractivity contribution is 0.316. The van der Waals surface area contributed by atoms with Crippen molar-refractivity contribution >= 4 is 10.1 Å². The number of hydrogen-bond acceptors (Lipinski definition) is 2. The van der Waals surface area contributed by atoms with Gasteiger partial charge in [0, 0.05) is 0 Å². The maximum Gasteiger partial charge on any atom is 0.270 e. The molecule has 0 amide bonds. The van der Waals surface area contributed by atoms with Gasteiger partial charge in [0.25, 0.3) is 10.1 Å². The molecule has 3 nitrogen and oxygen atoms in total. The second kappa shape index (κ2) is 10.6. The van der Waals surface area contributed by atoms with E-state index in [0.717, 1.165) is 32.1 Å². The molecule has 0 unspecified atom stereocenters. The van der Waals surface area contributed by atoms with E-state index >= 15 is 0 Å². The molecule has 0 aliphatic heterocycles. The summed E-state index contributed by atoms with van der Waals surface area (Å²) in [4.78, 5) is 0. The van der Waals surface area contributed by atoms with Crippen molar-refractivity contribution in [3.63, 3.8) is 0 Å². The first-order chi connectivity index (χ1) is 10.5. The summed E-state index contributed by atoms with van der Waals surface area (Å²) in [6, 6.07) is 0. The van der Waals surface area contributed by atoms with E-state index in [1.807, 2.05) is 0 Å². The molecular weight excluding hydrogens is 296 g/mol. The molecule has 1 aliphatic carbocycles. The fourth-order valence-corrected chi connectivity index (χ4v) is 4.97. The predicted octanol–water partition coefficient (Wildman–Crippen LogP) is 5.89. The topological polar surface area (TPSA) is 54.4 Å². The van der Waals surface area contributed by atoms with Crippen LogP contribution >= 0.6 is 0 Å². The van der Waals surface area contributed by atoms with Crippen molar-refractivity contribution in [1.29, 1.82) is 0 Å². The Morgan fingerprint density at radius 2 is 1.23 bits per heavy atom. The molecule has 0 atom stereocenters. The first-order valence-corrected chi connectivity index (χ1v) is 10.9. The molecule has 132 valence electrons. The summed E-state index contributed by atoms with van der Waals surface area (Å²) in [7, 11) is -3.90. The van der Waals surface area contributed by atoms with E-state index in [2.05, 4.69) is 6.92 Å². The van der Waals surface area contributed by atoms with Gasteiger partial charge in [-0.25, -0.2) is 0 Å². The highest BCUT2D eigenvalue weighted by Gasteiger charge is 2.42. The van der Waals surface area contributed by atoms with Crippen LogP contribution in [0.15, 0.2) is 0 Å². The van der Waals surface area contributed by atoms with Crippen molar-refractivity contribution in [2.45, 2.75) is 114 Å². The van der Waals surface area contributed by atoms with Crippen LogP contribution in [0, 0.1) is 0 Å². The summed E-state index contributed by atoms with van der Waals surface area (Å²) >= 11 is 0. The summed E-state index contributed by atoms with van der Waals surface area (Å²) in [5, 5.41) is 0. The third-order valence-corrected chi connectivity index (χ3v) is 7.00. The van der Waals surface area contributed by atoms with Gasteiger partial charge in [0.1, 0.15) is 0 Å². The molecule has 1 aliphatic rings. The second-order valence-corrected chi connectivity index (χ2v) is 8.97. The Labute approximate surface area is 138 Å². The van der Waals surface area contributed by atoms with Crippen LogP contribution in [0.2, 0.25) is 0 Å². The average molecular weight is 333 g/mol. The highest BCUT2D eigenvalue weighted by molar-refractivity contribution is 7.87. The average Bonchev–Trinajstić information content (AvgIpc) is 2.49. The van der Waals surface area contributed by atoms with Crippen LogP contribution in [0.4, 0.5) is 0 Å². The van der Waals surface area contributed by atoms with E-state index in [0.29, 0.717) is 19.3 Å². The normalized spacial score (nSPS) is 18.5. The van der Waals surface area contributed by atoms with Gasteiger partial charge in [0.05, 0.1) is 4.75 Å². The molecule has 4 heteroatoms. The molecule has 0 aromatic carbocycles. The molecule has 1 fully saturated rings. The van der Waals surface area contributed by atoms with E-state index < -0.39 is 14.9 Å². The van der Waals surface area contributed by atoms with Gasteiger partial charge >= 0.3 is 0 Å². The summed E-state index contributed by atoms with van der Waals surface area (Å²) in [6.45, 7) is 2.24. The smallest absolute Gasteiger partial charge is 0.270 e. The highest BCUT2D eigenvalue weighted by atomic mass is 32.2. The highest BCUT2D eigenvalue weighted by Crippen LogP contribution is 2.38. The van der Waals surface area contributed by atoms with Gasteiger partial charge in [-0.15, -0.1) is 0 Å². The maximum atomic E-state index is 11.8. The first kappa shape index (κ1) is 20.0. The Balaban J connectivity index is 2.12. The zero-order valence-electron chi connectivity index (χ0n) is 14.5. The third kappa shape index (κ3) is 6.99. The van der Waals surface area contributed by atoms with Gasteiger partial charge in [0.2, 0.25) is 0 Å². The predicted molar refractivity (Wildman–Crippen MR) is 93.8 cm³/mol. The fourth-order valence-electron chi connectivity index (χ4n) is 3.77. The van der Waals surface area contributed by atoms with Crippen molar-refractivity contribution in [3.05, 3.63) is 0 Å².